The highest BCUT2D eigenvalue weighted by Crippen LogP contribution is 2.35. The van der Waals surface area contributed by atoms with Crippen LogP contribution >= 0.6 is 11.6 Å². The van der Waals surface area contributed by atoms with Crippen molar-refractivity contribution in [1.82, 2.24) is 0 Å². The minimum Gasteiger partial charge on any atom is -0.484 e. The molecule has 0 spiro atoms. The summed E-state index contributed by atoms with van der Waals surface area (Å²) in [7, 11) is 1.65. The molecule has 136 valence electrons. The number of rotatable bonds is 4. The van der Waals surface area contributed by atoms with Gasteiger partial charge in [0.05, 0.1) is 10.7 Å². The molecule has 0 saturated heterocycles. The minimum atomic E-state index is -0.562. The van der Waals surface area contributed by atoms with Gasteiger partial charge >= 0.3 is 0 Å². The molecule has 0 aliphatic carbocycles. The molecule has 0 fully saturated rings. The van der Waals surface area contributed by atoms with Crippen molar-refractivity contribution in [1.29, 1.82) is 0 Å². The number of nitrogens with one attached hydrogen (secondary N) is 1. The Morgan fingerprint density at radius 1 is 1.35 bits per heavy atom. The zero-order chi connectivity index (χ0) is 18.8. The Balaban J connectivity index is 1.64. The number of hydrogen-bond donors (Lipinski definition) is 1. The number of halogens is 2. The van der Waals surface area contributed by atoms with Gasteiger partial charge < -0.3 is 19.7 Å². The molecule has 26 heavy (non-hydrogen) atoms. The molecular formula is C18H16ClFN2O4. The number of hydrogen-bond acceptors (Lipinski definition) is 4. The van der Waals surface area contributed by atoms with Crippen molar-refractivity contribution in [2.45, 2.75) is 13.0 Å². The highest BCUT2D eigenvalue weighted by molar-refractivity contribution is 6.30. The third-order valence-electron chi connectivity index (χ3n) is 3.85. The number of carbonyl (C=O) groups excluding carboxylic acids is 2. The van der Waals surface area contributed by atoms with Crippen LogP contribution in [-0.2, 0) is 9.59 Å². The van der Waals surface area contributed by atoms with Crippen LogP contribution in [0.15, 0.2) is 36.4 Å². The van der Waals surface area contributed by atoms with Crippen LogP contribution in [-0.4, -0.2) is 31.6 Å². The molecular weight excluding hydrogens is 363 g/mol. The Hall–Kier alpha value is -2.80. The summed E-state index contributed by atoms with van der Waals surface area (Å²) in [6, 6.07) is 8.83. The van der Waals surface area contributed by atoms with Crippen molar-refractivity contribution in [3.05, 3.63) is 47.2 Å². The van der Waals surface area contributed by atoms with Crippen molar-refractivity contribution >= 4 is 34.8 Å². The maximum Gasteiger partial charge on any atom is 0.267 e. The Morgan fingerprint density at radius 2 is 2.12 bits per heavy atom. The van der Waals surface area contributed by atoms with Crippen LogP contribution in [0.5, 0.6) is 11.5 Å². The Bertz CT molecular complexity index is 874. The van der Waals surface area contributed by atoms with Crippen LogP contribution in [0.2, 0.25) is 5.02 Å². The van der Waals surface area contributed by atoms with Gasteiger partial charge in [0.15, 0.2) is 12.7 Å². The van der Waals surface area contributed by atoms with Gasteiger partial charge in [0.25, 0.3) is 11.8 Å². The van der Waals surface area contributed by atoms with E-state index in [0.717, 1.165) is 6.07 Å². The zero-order valence-corrected chi connectivity index (χ0v) is 14.8. The first-order valence-electron chi connectivity index (χ1n) is 7.81. The topological polar surface area (TPSA) is 67.9 Å². The lowest BCUT2D eigenvalue weighted by atomic mass is 10.2. The van der Waals surface area contributed by atoms with Gasteiger partial charge in [-0.3, -0.25) is 9.59 Å². The number of likely N-dealkylation sites (N-methyl/N-ethyl adjacent to an activating group) is 1. The molecule has 1 unspecified atom stereocenters. The van der Waals surface area contributed by atoms with E-state index in [1.165, 1.54) is 17.0 Å². The monoisotopic (exact) mass is 378 g/mol. The quantitative estimate of drug-likeness (QED) is 0.886. The van der Waals surface area contributed by atoms with Gasteiger partial charge in [0.1, 0.15) is 17.3 Å². The van der Waals surface area contributed by atoms with Gasteiger partial charge in [-0.25, -0.2) is 4.39 Å². The van der Waals surface area contributed by atoms with Crippen LogP contribution < -0.4 is 19.7 Å². The second-order valence-corrected chi connectivity index (χ2v) is 6.16. The van der Waals surface area contributed by atoms with Gasteiger partial charge in [-0.1, -0.05) is 11.6 Å². The fraction of sp³-hybridized carbons (Fsp3) is 0.222. The van der Waals surface area contributed by atoms with Gasteiger partial charge in [-0.15, -0.1) is 0 Å². The highest BCUT2D eigenvalue weighted by atomic mass is 35.5. The molecule has 0 bridgehead atoms. The largest absolute Gasteiger partial charge is 0.484 e. The van der Waals surface area contributed by atoms with Crippen molar-refractivity contribution in [3.63, 3.8) is 0 Å². The number of nitrogens with zero attached hydrogens (tertiary/aromatic N) is 1. The Labute approximate surface area is 154 Å². The SMILES string of the molecule is CC1Oc2ccc(NC(=O)COc3ccc(F)c(Cl)c3)cc2N(C)C1=O. The second-order valence-electron chi connectivity index (χ2n) is 5.75. The number of anilines is 2. The number of ether oxygens (including phenoxy) is 2. The first kappa shape index (κ1) is 18.0. The molecule has 0 radical (unpaired) electrons. The van der Waals surface area contributed by atoms with Crippen LogP contribution in [0, 0.1) is 5.82 Å². The summed E-state index contributed by atoms with van der Waals surface area (Å²) < 4.78 is 23.9. The molecule has 2 amide bonds. The maximum absolute atomic E-state index is 13.1. The molecule has 3 rings (SSSR count). The van der Waals surface area contributed by atoms with E-state index in [9.17, 15) is 14.0 Å². The zero-order valence-electron chi connectivity index (χ0n) is 14.1. The lowest BCUT2D eigenvalue weighted by Crippen LogP contribution is -2.42. The second kappa shape index (κ2) is 7.21. The summed E-state index contributed by atoms with van der Waals surface area (Å²) in [6.45, 7) is 1.40. The molecule has 1 atom stereocenters. The van der Waals surface area contributed by atoms with Crippen molar-refractivity contribution in [3.8, 4) is 11.5 Å². The fourth-order valence-corrected chi connectivity index (χ4v) is 2.67. The van der Waals surface area contributed by atoms with E-state index < -0.39 is 17.8 Å². The fourth-order valence-electron chi connectivity index (χ4n) is 2.50. The van der Waals surface area contributed by atoms with Crippen molar-refractivity contribution in [2.75, 3.05) is 23.9 Å². The first-order valence-corrected chi connectivity index (χ1v) is 8.19. The van der Waals surface area contributed by atoms with Gasteiger partial charge in [-0.05, 0) is 37.3 Å². The Morgan fingerprint density at radius 3 is 2.85 bits per heavy atom. The number of amides is 2. The lowest BCUT2D eigenvalue weighted by molar-refractivity contribution is -0.125. The molecule has 0 saturated carbocycles. The van der Waals surface area contributed by atoms with E-state index in [4.69, 9.17) is 21.1 Å². The van der Waals surface area contributed by atoms with Gasteiger partial charge in [0, 0.05) is 18.8 Å². The molecule has 2 aromatic rings. The number of fused-ring (bicyclic) bond motifs is 1. The number of benzene rings is 2. The van der Waals surface area contributed by atoms with Crippen molar-refractivity contribution in [2.24, 2.45) is 0 Å². The van der Waals surface area contributed by atoms with E-state index in [1.807, 2.05) is 0 Å². The normalized spacial score (nSPS) is 15.9. The number of carbonyl (C=O) groups is 2. The standard InChI is InChI=1S/C18H16ClFN2O4/c1-10-18(24)22(2)15-7-11(3-6-16(15)26-10)21-17(23)9-25-12-4-5-14(20)13(19)8-12/h3-8,10H,9H2,1-2H3,(H,21,23). The third kappa shape index (κ3) is 3.72. The van der Waals surface area contributed by atoms with E-state index in [0.29, 0.717) is 17.1 Å². The highest BCUT2D eigenvalue weighted by Gasteiger charge is 2.29. The maximum atomic E-state index is 13.1. The van der Waals surface area contributed by atoms with E-state index in [1.54, 1.807) is 32.2 Å². The molecule has 8 heteroatoms. The van der Waals surface area contributed by atoms with E-state index >= 15 is 0 Å². The smallest absolute Gasteiger partial charge is 0.267 e. The molecule has 1 aliphatic rings. The third-order valence-corrected chi connectivity index (χ3v) is 4.14. The van der Waals surface area contributed by atoms with E-state index in [2.05, 4.69) is 5.32 Å². The first-order chi connectivity index (χ1) is 12.3. The van der Waals surface area contributed by atoms with Crippen molar-refractivity contribution < 1.29 is 23.5 Å². The summed E-state index contributed by atoms with van der Waals surface area (Å²) in [6.07, 6.45) is -0.552. The summed E-state index contributed by atoms with van der Waals surface area (Å²) in [5.41, 5.74) is 1.06. The summed E-state index contributed by atoms with van der Waals surface area (Å²) in [5, 5.41) is 2.59. The van der Waals surface area contributed by atoms with Crippen LogP contribution in [0.25, 0.3) is 0 Å². The molecule has 2 aromatic carbocycles. The summed E-state index contributed by atoms with van der Waals surface area (Å²) in [5.74, 6) is -0.297. The predicted molar refractivity (Wildman–Crippen MR) is 95.5 cm³/mol. The van der Waals surface area contributed by atoms with Gasteiger partial charge in [-0.2, -0.15) is 0 Å². The Kier molecular flexibility index (Phi) is 4.99. The molecule has 6 nitrogen and oxygen atoms in total. The molecule has 1 heterocycles. The average Bonchev–Trinajstić information content (AvgIpc) is 2.61. The van der Waals surface area contributed by atoms with Crippen LogP contribution in [0.1, 0.15) is 6.92 Å². The minimum absolute atomic E-state index is 0.0838. The average molecular weight is 379 g/mol. The van der Waals surface area contributed by atoms with E-state index in [-0.39, 0.29) is 23.3 Å². The van der Waals surface area contributed by atoms with Crippen LogP contribution in [0.4, 0.5) is 15.8 Å². The van der Waals surface area contributed by atoms with Crippen LogP contribution in [0.3, 0.4) is 0 Å². The predicted octanol–water partition coefficient (Wildman–Crippen LogP) is 3.24. The molecule has 1 N–H and O–H groups in total. The summed E-state index contributed by atoms with van der Waals surface area (Å²) in [4.78, 5) is 25.5. The lowest BCUT2D eigenvalue weighted by Gasteiger charge is -2.30. The summed E-state index contributed by atoms with van der Waals surface area (Å²) >= 11 is 5.66. The molecule has 0 aromatic heterocycles. The van der Waals surface area contributed by atoms with Gasteiger partial charge in [0.2, 0.25) is 0 Å². The molecule has 1 aliphatic heterocycles.